The third-order valence-corrected chi connectivity index (χ3v) is 3.79. The van der Waals surface area contributed by atoms with Gasteiger partial charge in [-0.2, -0.15) is 17.6 Å². The van der Waals surface area contributed by atoms with E-state index >= 15 is 0 Å². The van der Waals surface area contributed by atoms with E-state index in [2.05, 4.69) is 0 Å². The SMILES string of the molecule is COc1c(C2=C(C)[C@](C)(C(F)(F)F)OC2)ccc(F)c1F. The number of methoxy groups -OCH3 is 1. The van der Waals surface area contributed by atoms with E-state index in [0.29, 0.717) is 0 Å². The van der Waals surface area contributed by atoms with Crippen LogP contribution in [0.5, 0.6) is 5.75 Å². The van der Waals surface area contributed by atoms with E-state index in [0.717, 1.165) is 20.1 Å². The molecule has 0 spiro atoms. The predicted octanol–water partition coefficient (Wildman–Crippen LogP) is 4.10. The van der Waals surface area contributed by atoms with Crippen LogP contribution in [0.15, 0.2) is 17.7 Å². The summed E-state index contributed by atoms with van der Waals surface area (Å²) in [6.07, 6.45) is -4.61. The van der Waals surface area contributed by atoms with Gasteiger partial charge in [0.2, 0.25) is 5.82 Å². The molecule has 1 aliphatic rings. The monoisotopic (exact) mass is 308 g/mol. The highest BCUT2D eigenvalue weighted by Crippen LogP contribution is 2.48. The van der Waals surface area contributed by atoms with Crippen molar-refractivity contribution in [2.45, 2.75) is 25.6 Å². The zero-order chi connectivity index (χ0) is 16.0. The first-order chi connectivity index (χ1) is 9.63. The Bertz CT molecular complexity index is 606. The second kappa shape index (κ2) is 4.98. The molecule has 7 heteroatoms. The lowest BCUT2D eigenvalue weighted by atomic mass is 9.91. The van der Waals surface area contributed by atoms with Gasteiger partial charge in [-0.05, 0) is 37.1 Å². The molecule has 0 aliphatic carbocycles. The molecular formula is C14H13F5O2. The molecule has 0 saturated heterocycles. The lowest BCUT2D eigenvalue weighted by Crippen LogP contribution is -2.43. The molecule has 0 unspecified atom stereocenters. The molecule has 0 fully saturated rings. The number of benzene rings is 1. The molecule has 0 saturated carbocycles. The summed E-state index contributed by atoms with van der Waals surface area (Å²) < 4.78 is 75.8. The molecule has 1 aliphatic heterocycles. The highest BCUT2D eigenvalue weighted by molar-refractivity contribution is 5.76. The smallest absolute Gasteiger partial charge is 0.421 e. The summed E-state index contributed by atoms with van der Waals surface area (Å²) in [7, 11) is 1.12. The van der Waals surface area contributed by atoms with Crippen molar-refractivity contribution in [3.63, 3.8) is 0 Å². The summed E-state index contributed by atoms with van der Waals surface area (Å²) in [5.74, 6) is -2.80. The minimum absolute atomic E-state index is 0.0573. The molecule has 0 N–H and O–H groups in total. The molecule has 1 aromatic rings. The summed E-state index contributed by atoms with van der Waals surface area (Å²) in [5.41, 5.74) is -2.34. The summed E-state index contributed by atoms with van der Waals surface area (Å²) in [4.78, 5) is 0. The molecule has 0 radical (unpaired) electrons. The lowest BCUT2D eigenvalue weighted by molar-refractivity contribution is -0.245. The Labute approximate surface area is 118 Å². The van der Waals surface area contributed by atoms with Crippen LogP contribution < -0.4 is 4.74 Å². The van der Waals surface area contributed by atoms with Gasteiger partial charge >= 0.3 is 6.18 Å². The fraction of sp³-hybridized carbons (Fsp3) is 0.429. The molecule has 2 rings (SSSR count). The third kappa shape index (κ3) is 2.29. The average Bonchev–Trinajstić information content (AvgIpc) is 2.70. The van der Waals surface area contributed by atoms with Gasteiger partial charge in [-0.15, -0.1) is 0 Å². The van der Waals surface area contributed by atoms with Crippen molar-refractivity contribution in [2.75, 3.05) is 13.7 Å². The Hall–Kier alpha value is -1.63. The van der Waals surface area contributed by atoms with Crippen LogP contribution in [0.25, 0.3) is 5.57 Å². The number of hydrogen-bond donors (Lipinski definition) is 0. The van der Waals surface area contributed by atoms with Gasteiger partial charge in [0.1, 0.15) is 0 Å². The minimum Gasteiger partial charge on any atom is -0.493 e. The van der Waals surface area contributed by atoms with Crippen LogP contribution in [-0.2, 0) is 4.74 Å². The molecule has 116 valence electrons. The van der Waals surface area contributed by atoms with Gasteiger partial charge in [-0.25, -0.2) is 4.39 Å². The zero-order valence-electron chi connectivity index (χ0n) is 11.6. The van der Waals surface area contributed by atoms with Crippen molar-refractivity contribution in [2.24, 2.45) is 0 Å². The maximum atomic E-state index is 13.7. The third-order valence-electron chi connectivity index (χ3n) is 3.79. The van der Waals surface area contributed by atoms with Gasteiger partial charge in [0, 0.05) is 5.56 Å². The number of hydrogen-bond acceptors (Lipinski definition) is 2. The van der Waals surface area contributed by atoms with Crippen LogP contribution in [-0.4, -0.2) is 25.5 Å². The van der Waals surface area contributed by atoms with Gasteiger partial charge < -0.3 is 9.47 Å². The molecule has 0 bridgehead atoms. The van der Waals surface area contributed by atoms with Gasteiger partial charge in [-0.1, -0.05) is 0 Å². The Balaban J connectivity index is 2.61. The zero-order valence-corrected chi connectivity index (χ0v) is 11.6. The topological polar surface area (TPSA) is 18.5 Å². The van der Waals surface area contributed by atoms with Crippen LogP contribution >= 0.6 is 0 Å². The van der Waals surface area contributed by atoms with Gasteiger partial charge in [0.25, 0.3) is 0 Å². The number of rotatable bonds is 2. The highest BCUT2D eigenvalue weighted by Gasteiger charge is 2.57. The summed E-state index contributed by atoms with van der Waals surface area (Å²) >= 11 is 0. The fourth-order valence-corrected chi connectivity index (χ4v) is 2.26. The highest BCUT2D eigenvalue weighted by atomic mass is 19.4. The van der Waals surface area contributed by atoms with Crippen molar-refractivity contribution in [3.05, 3.63) is 34.9 Å². The van der Waals surface area contributed by atoms with Crippen molar-refractivity contribution >= 4 is 5.57 Å². The Morgan fingerprint density at radius 3 is 2.33 bits per heavy atom. The van der Waals surface area contributed by atoms with E-state index in [1.54, 1.807) is 0 Å². The molecule has 1 heterocycles. The van der Waals surface area contributed by atoms with E-state index in [-0.39, 0.29) is 23.3 Å². The van der Waals surface area contributed by atoms with E-state index in [9.17, 15) is 22.0 Å². The second-order valence-corrected chi connectivity index (χ2v) is 4.87. The minimum atomic E-state index is -4.61. The summed E-state index contributed by atoms with van der Waals surface area (Å²) in [6.45, 7) is 1.81. The van der Waals surface area contributed by atoms with Crippen molar-refractivity contribution in [3.8, 4) is 5.75 Å². The standard InChI is InChI=1S/C14H13F5O2/c1-7-9(6-21-13(7,2)14(17,18)19)8-4-5-10(15)11(16)12(8)20-3/h4-5H,6H2,1-3H3/t13-/m1/s1. The molecule has 0 amide bonds. The van der Waals surface area contributed by atoms with Crippen LogP contribution in [0.4, 0.5) is 22.0 Å². The lowest BCUT2D eigenvalue weighted by Gasteiger charge is -2.28. The van der Waals surface area contributed by atoms with Crippen LogP contribution in [0.2, 0.25) is 0 Å². The normalized spacial score (nSPS) is 22.9. The van der Waals surface area contributed by atoms with Crippen molar-refractivity contribution < 1.29 is 31.4 Å². The predicted molar refractivity (Wildman–Crippen MR) is 65.9 cm³/mol. The van der Waals surface area contributed by atoms with Gasteiger partial charge in [0.15, 0.2) is 17.2 Å². The molecule has 1 atom stereocenters. The first-order valence-electron chi connectivity index (χ1n) is 6.06. The summed E-state index contributed by atoms with van der Waals surface area (Å²) in [6, 6.07) is 2.03. The van der Waals surface area contributed by atoms with E-state index in [4.69, 9.17) is 9.47 Å². The molecule has 0 aromatic heterocycles. The quantitative estimate of drug-likeness (QED) is 0.766. The van der Waals surface area contributed by atoms with Crippen LogP contribution in [0.1, 0.15) is 19.4 Å². The molecular weight excluding hydrogens is 295 g/mol. The van der Waals surface area contributed by atoms with E-state index in [1.165, 1.54) is 13.0 Å². The number of halogens is 5. The molecule has 2 nitrogen and oxygen atoms in total. The van der Waals surface area contributed by atoms with Crippen molar-refractivity contribution in [1.82, 2.24) is 0 Å². The number of alkyl halides is 3. The number of ether oxygens (including phenoxy) is 2. The maximum Gasteiger partial charge on any atom is 0.421 e. The Morgan fingerprint density at radius 1 is 1.24 bits per heavy atom. The van der Waals surface area contributed by atoms with Gasteiger partial charge in [-0.3, -0.25) is 0 Å². The fourth-order valence-electron chi connectivity index (χ4n) is 2.26. The molecule has 1 aromatic carbocycles. The van der Waals surface area contributed by atoms with E-state index < -0.39 is 29.2 Å². The Kier molecular flexibility index (Phi) is 3.73. The average molecular weight is 308 g/mol. The Morgan fingerprint density at radius 2 is 1.86 bits per heavy atom. The van der Waals surface area contributed by atoms with Crippen molar-refractivity contribution in [1.29, 1.82) is 0 Å². The first kappa shape index (κ1) is 15.8. The van der Waals surface area contributed by atoms with Crippen LogP contribution in [0.3, 0.4) is 0 Å². The molecule has 21 heavy (non-hydrogen) atoms. The largest absolute Gasteiger partial charge is 0.493 e. The van der Waals surface area contributed by atoms with E-state index in [1.807, 2.05) is 0 Å². The summed E-state index contributed by atoms with van der Waals surface area (Å²) in [5, 5.41) is 0. The first-order valence-corrected chi connectivity index (χ1v) is 6.06. The maximum absolute atomic E-state index is 13.7. The second-order valence-electron chi connectivity index (χ2n) is 4.87. The van der Waals surface area contributed by atoms with Crippen LogP contribution in [0, 0.1) is 11.6 Å². The van der Waals surface area contributed by atoms with Gasteiger partial charge in [0.05, 0.1) is 13.7 Å².